The van der Waals surface area contributed by atoms with E-state index in [9.17, 15) is 4.39 Å². The van der Waals surface area contributed by atoms with E-state index in [1.165, 1.54) is 12.1 Å². The van der Waals surface area contributed by atoms with Crippen LogP contribution in [-0.4, -0.2) is 36.1 Å². The number of nitrogens with one attached hydrogen (secondary N) is 1. The van der Waals surface area contributed by atoms with Crippen LogP contribution in [-0.2, 0) is 6.54 Å². The monoisotopic (exact) mass is 397 g/mol. The molecule has 28 heavy (non-hydrogen) atoms. The first kappa shape index (κ1) is 18.5. The summed E-state index contributed by atoms with van der Waals surface area (Å²) >= 11 is 6.11. The molecule has 0 bridgehead atoms. The highest BCUT2D eigenvalue weighted by Gasteiger charge is 2.19. The maximum absolute atomic E-state index is 13.0. The SMILES string of the molecule is Fc1ccc(CNc2cc(N3CCN(c4cccc(Cl)c4)CC3)ncn2)cc1. The smallest absolute Gasteiger partial charge is 0.134 e. The van der Waals surface area contributed by atoms with Gasteiger partial charge in [-0.15, -0.1) is 0 Å². The largest absolute Gasteiger partial charge is 0.368 e. The van der Waals surface area contributed by atoms with Crippen molar-refractivity contribution < 1.29 is 4.39 Å². The Morgan fingerprint density at radius 1 is 0.929 bits per heavy atom. The van der Waals surface area contributed by atoms with Crippen LogP contribution >= 0.6 is 11.6 Å². The van der Waals surface area contributed by atoms with Crippen LogP contribution in [0.4, 0.5) is 21.7 Å². The minimum Gasteiger partial charge on any atom is -0.368 e. The van der Waals surface area contributed by atoms with Crippen molar-refractivity contribution in [2.24, 2.45) is 0 Å². The maximum Gasteiger partial charge on any atom is 0.134 e. The van der Waals surface area contributed by atoms with Gasteiger partial charge in [-0.1, -0.05) is 29.8 Å². The molecule has 2 aromatic carbocycles. The molecule has 5 nitrogen and oxygen atoms in total. The topological polar surface area (TPSA) is 44.3 Å². The molecule has 0 aliphatic carbocycles. The second-order valence-electron chi connectivity index (χ2n) is 6.70. The third-order valence-corrected chi connectivity index (χ3v) is 5.05. The van der Waals surface area contributed by atoms with E-state index in [1.807, 2.05) is 24.3 Å². The van der Waals surface area contributed by atoms with Crippen LogP contribution in [0.3, 0.4) is 0 Å². The van der Waals surface area contributed by atoms with E-state index in [0.717, 1.165) is 54.1 Å². The zero-order chi connectivity index (χ0) is 19.3. The minimum absolute atomic E-state index is 0.231. The second kappa shape index (κ2) is 8.44. The van der Waals surface area contributed by atoms with E-state index >= 15 is 0 Å². The fourth-order valence-electron chi connectivity index (χ4n) is 3.28. The molecular weight excluding hydrogens is 377 g/mol. The number of nitrogens with zero attached hydrogens (tertiary/aromatic N) is 4. The van der Waals surface area contributed by atoms with Crippen LogP contribution in [0.2, 0.25) is 5.02 Å². The van der Waals surface area contributed by atoms with Crippen molar-refractivity contribution in [2.45, 2.75) is 6.54 Å². The first-order chi connectivity index (χ1) is 13.7. The molecule has 0 amide bonds. The lowest BCUT2D eigenvalue weighted by atomic mass is 10.2. The van der Waals surface area contributed by atoms with Crippen LogP contribution < -0.4 is 15.1 Å². The van der Waals surface area contributed by atoms with Gasteiger partial charge in [-0.3, -0.25) is 0 Å². The van der Waals surface area contributed by atoms with Gasteiger partial charge in [-0.05, 0) is 35.9 Å². The van der Waals surface area contributed by atoms with E-state index in [-0.39, 0.29) is 5.82 Å². The third-order valence-electron chi connectivity index (χ3n) is 4.82. The van der Waals surface area contributed by atoms with Gasteiger partial charge < -0.3 is 15.1 Å². The fraction of sp³-hybridized carbons (Fsp3) is 0.238. The molecule has 1 saturated heterocycles. The van der Waals surface area contributed by atoms with Crippen molar-refractivity contribution in [1.29, 1.82) is 0 Å². The molecule has 4 rings (SSSR count). The van der Waals surface area contributed by atoms with Crippen LogP contribution in [0.15, 0.2) is 60.9 Å². The Balaban J connectivity index is 1.36. The molecule has 1 N–H and O–H groups in total. The molecule has 3 aromatic rings. The van der Waals surface area contributed by atoms with Crippen LogP contribution in [0.1, 0.15) is 5.56 Å². The van der Waals surface area contributed by atoms with Gasteiger partial charge in [0.2, 0.25) is 0 Å². The normalized spacial score (nSPS) is 14.2. The van der Waals surface area contributed by atoms with E-state index in [4.69, 9.17) is 11.6 Å². The van der Waals surface area contributed by atoms with Crippen LogP contribution in [0.25, 0.3) is 0 Å². The Morgan fingerprint density at radius 2 is 1.68 bits per heavy atom. The number of aromatic nitrogens is 2. The summed E-state index contributed by atoms with van der Waals surface area (Å²) in [6.45, 7) is 4.15. The highest BCUT2D eigenvalue weighted by Crippen LogP contribution is 2.23. The van der Waals surface area contributed by atoms with Gasteiger partial charge in [0.25, 0.3) is 0 Å². The quantitative estimate of drug-likeness (QED) is 0.698. The van der Waals surface area contributed by atoms with Crippen molar-refractivity contribution in [3.63, 3.8) is 0 Å². The van der Waals surface area contributed by atoms with Crippen LogP contribution in [0, 0.1) is 5.82 Å². The first-order valence-corrected chi connectivity index (χ1v) is 9.61. The molecule has 2 heterocycles. The first-order valence-electron chi connectivity index (χ1n) is 9.23. The Kier molecular flexibility index (Phi) is 5.58. The van der Waals surface area contributed by atoms with E-state index in [2.05, 4.69) is 31.2 Å². The lowest BCUT2D eigenvalue weighted by molar-refractivity contribution is 0.627. The predicted molar refractivity (Wildman–Crippen MR) is 112 cm³/mol. The molecule has 0 atom stereocenters. The Bertz CT molecular complexity index is 926. The molecule has 7 heteroatoms. The number of hydrogen-bond acceptors (Lipinski definition) is 5. The average molecular weight is 398 g/mol. The Hall–Kier alpha value is -2.86. The van der Waals surface area contributed by atoms with Gasteiger partial charge in [0.15, 0.2) is 0 Å². The van der Waals surface area contributed by atoms with Gasteiger partial charge in [-0.2, -0.15) is 0 Å². The van der Waals surface area contributed by atoms with Gasteiger partial charge in [-0.25, -0.2) is 14.4 Å². The summed E-state index contributed by atoms with van der Waals surface area (Å²) in [6, 6.07) is 16.4. The van der Waals surface area contributed by atoms with E-state index < -0.39 is 0 Å². The van der Waals surface area contributed by atoms with Gasteiger partial charge >= 0.3 is 0 Å². The summed E-state index contributed by atoms with van der Waals surface area (Å²) in [7, 11) is 0. The van der Waals surface area contributed by atoms with Gasteiger partial charge in [0.1, 0.15) is 23.8 Å². The molecule has 1 fully saturated rings. The van der Waals surface area contributed by atoms with Crippen LogP contribution in [0.5, 0.6) is 0 Å². The standard InChI is InChI=1S/C21H21ClFN5/c22-17-2-1-3-19(12-17)27-8-10-28(11-9-27)21-13-20(25-15-26-21)24-14-16-4-6-18(23)7-5-16/h1-7,12-13,15H,8-11,14H2,(H,24,25,26). The summed E-state index contributed by atoms with van der Waals surface area (Å²) in [4.78, 5) is 13.3. The molecule has 1 aromatic heterocycles. The number of rotatable bonds is 5. The molecule has 1 aliphatic rings. The van der Waals surface area contributed by atoms with Crippen molar-refractivity contribution in [1.82, 2.24) is 9.97 Å². The summed E-state index contributed by atoms with van der Waals surface area (Å²) in [6.07, 6.45) is 1.58. The zero-order valence-corrected chi connectivity index (χ0v) is 16.1. The molecule has 144 valence electrons. The fourth-order valence-corrected chi connectivity index (χ4v) is 3.46. The lowest BCUT2D eigenvalue weighted by Gasteiger charge is -2.36. The number of benzene rings is 2. The summed E-state index contributed by atoms with van der Waals surface area (Å²) in [5.74, 6) is 1.43. The molecular formula is C21H21ClFN5. The molecule has 0 spiro atoms. The van der Waals surface area contributed by atoms with Gasteiger partial charge in [0, 0.05) is 49.5 Å². The highest BCUT2D eigenvalue weighted by molar-refractivity contribution is 6.30. The van der Waals surface area contributed by atoms with E-state index in [1.54, 1.807) is 18.5 Å². The maximum atomic E-state index is 13.0. The minimum atomic E-state index is -0.231. The Labute approximate surface area is 168 Å². The van der Waals surface area contributed by atoms with Crippen molar-refractivity contribution in [3.05, 3.63) is 77.3 Å². The Morgan fingerprint density at radius 3 is 2.43 bits per heavy atom. The molecule has 0 radical (unpaired) electrons. The molecule has 1 aliphatic heterocycles. The number of anilines is 3. The highest BCUT2D eigenvalue weighted by atomic mass is 35.5. The molecule has 0 saturated carbocycles. The van der Waals surface area contributed by atoms with Gasteiger partial charge in [0.05, 0.1) is 0 Å². The number of hydrogen-bond donors (Lipinski definition) is 1. The number of halogens is 2. The summed E-state index contributed by atoms with van der Waals surface area (Å²) in [5, 5.41) is 4.03. The number of piperazine rings is 1. The molecule has 0 unspecified atom stereocenters. The van der Waals surface area contributed by atoms with Crippen molar-refractivity contribution in [3.8, 4) is 0 Å². The second-order valence-corrected chi connectivity index (χ2v) is 7.13. The van der Waals surface area contributed by atoms with E-state index in [0.29, 0.717) is 6.54 Å². The third kappa shape index (κ3) is 4.51. The predicted octanol–water partition coefficient (Wildman–Crippen LogP) is 4.21. The summed E-state index contributed by atoms with van der Waals surface area (Å²) in [5.41, 5.74) is 2.15. The summed E-state index contributed by atoms with van der Waals surface area (Å²) < 4.78 is 13.0. The van der Waals surface area contributed by atoms with Crippen molar-refractivity contribution >= 4 is 28.9 Å². The van der Waals surface area contributed by atoms with Crippen molar-refractivity contribution in [2.75, 3.05) is 41.3 Å². The lowest BCUT2D eigenvalue weighted by Crippen LogP contribution is -2.46. The average Bonchev–Trinajstić information content (AvgIpc) is 2.74. The zero-order valence-electron chi connectivity index (χ0n) is 15.4.